The van der Waals surface area contributed by atoms with Gasteiger partial charge in [0.25, 0.3) is 0 Å². The third kappa shape index (κ3) is 3.11. The number of rotatable bonds is 3. The predicted molar refractivity (Wildman–Crippen MR) is 93.8 cm³/mol. The molecule has 0 spiro atoms. The highest BCUT2D eigenvalue weighted by Crippen LogP contribution is 2.29. The number of benzene rings is 1. The molecule has 0 bridgehead atoms. The fourth-order valence-corrected chi connectivity index (χ4v) is 2.98. The van der Waals surface area contributed by atoms with Crippen LogP contribution in [0.25, 0.3) is 5.82 Å². The molecule has 7 nitrogen and oxygen atoms in total. The smallest absolute Gasteiger partial charge is 0.410 e. The summed E-state index contributed by atoms with van der Waals surface area (Å²) >= 11 is 0. The van der Waals surface area contributed by atoms with Gasteiger partial charge in [-0.3, -0.25) is 0 Å². The van der Waals surface area contributed by atoms with Gasteiger partial charge in [0, 0.05) is 18.3 Å². The van der Waals surface area contributed by atoms with Gasteiger partial charge in [-0.05, 0) is 24.1 Å². The number of nitrogens with zero attached hydrogens (tertiary/aromatic N) is 4. The van der Waals surface area contributed by atoms with Crippen LogP contribution in [0.3, 0.4) is 0 Å². The van der Waals surface area contributed by atoms with Crippen LogP contribution in [0.2, 0.25) is 0 Å². The van der Waals surface area contributed by atoms with Crippen molar-refractivity contribution in [1.82, 2.24) is 19.7 Å². The van der Waals surface area contributed by atoms with Gasteiger partial charge in [-0.25, -0.2) is 9.78 Å². The van der Waals surface area contributed by atoms with Crippen LogP contribution in [-0.2, 0) is 24.3 Å². The molecule has 3 aromatic rings. The van der Waals surface area contributed by atoms with E-state index in [1.807, 2.05) is 36.4 Å². The monoisotopic (exact) mass is 350 g/mol. The zero-order valence-corrected chi connectivity index (χ0v) is 14.1. The Bertz CT molecular complexity index is 909. The highest BCUT2D eigenvalue weighted by molar-refractivity contribution is 5.68. The minimum atomic E-state index is -0.383. The van der Waals surface area contributed by atoms with Crippen molar-refractivity contribution >= 4 is 6.09 Å². The topological polar surface area (TPSA) is 80.5 Å². The van der Waals surface area contributed by atoms with Crippen LogP contribution < -0.4 is 0 Å². The van der Waals surface area contributed by atoms with Gasteiger partial charge in [0.1, 0.15) is 6.61 Å². The number of aromatic hydroxyl groups is 1. The molecule has 4 rings (SSSR count). The standard InChI is InChI=1S/C19H18N4O3/c24-18-15-9-11-22(19(25)26-13-14-6-2-1-3-7-14)12-16(15)21-23(18)17-8-4-5-10-20-17/h1-8,10,24H,9,11-13H2. The number of aromatic nitrogens is 3. The lowest BCUT2D eigenvalue weighted by Gasteiger charge is -2.25. The lowest BCUT2D eigenvalue weighted by molar-refractivity contribution is 0.0913. The summed E-state index contributed by atoms with van der Waals surface area (Å²) in [6.45, 7) is 1.01. The summed E-state index contributed by atoms with van der Waals surface area (Å²) in [6, 6.07) is 14.9. The van der Waals surface area contributed by atoms with Gasteiger partial charge >= 0.3 is 6.09 Å². The molecule has 2 aromatic heterocycles. The zero-order valence-electron chi connectivity index (χ0n) is 14.1. The van der Waals surface area contributed by atoms with Crippen LogP contribution in [0.4, 0.5) is 4.79 Å². The Morgan fingerprint density at radius 1 is 1.15 bits per heavy atom. The maximum atomic E-state index is 12.3. The molecule has 0 aliphatic carbocycles. The first-order valence-electron chi connectivity index (χ1n) is 8.39. The fourth-order valence-electron chi connectivity index (χ4n) is 2.98. The second-order valence-corrected chi connectivity index (χ2v) is 6.06. The van der Waals surface area contributed by atoms with Crippen molar-refractivity contribution in [3.8, 4) is 11.7 Å². The SMILES string of the molecule is O=C(OCc1ccccc1)N1CCc2c(nn(-c3ccccn3)c2O)C1. The molecule has 0 unspecified atom stereocenters. The van der Waals surface area contributed by atoms with Gasteiger partial charge < -0.3 is 14.7 Å². The van der Waals surface area contributed by atoms with E-state index in [0.29, 0.717) is 31.0 Å². The highest BCUT2D eigenvalue weighted by atomic mass is 16.6. The first-order valence-corrected chi connectivity index (χ1v) is 8.39. The second kappa shape index (κ2) is 6.87. The minimum absolute atomic E-state index is 0.0796. The number of fused-ring (bicyclic) bond motifs is 1. The van der Waals surface area contributed by atoms with E-state index >= 15 is 0 Å². The molecule has 1 N–H and O–H groups in total. The summed E-state index contributed by atoms with van der Waals surface area (Å²) < 4.78 is 6.79. The number of pyridine rings is 1. The molecule has 1 aromatic carbocycles. The van der Waals surface area contributed by atoms with E-state index in [9.17, 15) is 9.90 Å². The minimum Gasteiger partial charge on any atom is -0.493 e. The van der Waals surface area contributed by atoms with E-state index in [4.69, 9.17) is 4.74 Å². The first-order chi connectivity index (χ1) is 12.7. The Balaban J connectivity index is 1.47. The van der Waals surface area contributed by atoms with Crippen LogP contribution in [0, 0.1) is 0 Å². The summed E-state index contributed by atoms with van der Waals surface area (Å²) in [5, 5.41) is 14.9. The Hall–Kier alpha value is -3.35. The summed E-state index contributed by atoms with van der Waals surface area (Å²) in [6.07, 6.45) is 1.78. The van der Waals surface area contributed by atoms with E-state index in [1.165, 1.54) is 4.68 Å². The normalized spacial score (nSPS) is 13.3. The van der Waals surface area contributed by atoms with Crippen LogP contribution in [0.5, 0.6) is 5.88 Å². The number of amides is 1. The molecule has 26 heavy (non-hydrogen) atoms. The van der Waals surface area contributed by atoms with E-state index in [-0.39, 0.29) is 18.6 Å². The van der Waals surface area contributed by atoms with Gasteiger partial charge in [0.2, 0.25) is 5.88 Å². The Morgan fingerprint density at radius 2 is 1.96 bits per heavy atom. The molecule has 7 heteroatoms. The molecular weight excluding hydrogens is 332 g/mol. The fraction of sp³-hybridized carbons (Fsp3) is 0.211. The van der Waals surface area contributed by atoms with Crippen molar-refractivity contribution in [2.75, 3.05) is 6.54 Å². The number of carbonyl (C=O) groups is 1. The summed E-state index contributed by atoms with van der Waals surface area (Å²) in [4.78, 5) is 18.1. The molecule has 0 radical (unpaired) electrons. The third-order valence-corrected chi connectivity index (χ3v) is 4.34. The van der Waals surface area contributed by atoms with Crippen molar-refractivity contribution in [2.45, 2.75) is 19.6 Å². The van der Waals surface area contributed by atoms with Gasteiger partial charge in [-0.15, -0.1) is 0 Å². The maximum absolute atomic E-state index is 12.3. The average molecular weight is 350 g/mol. The van der Waals surface area contributed by atoms with Gasteiger partial charge in [0.15, 0.2) is 5.82 Å². The number of hydrogen-bond donors (Lipinski definition) is 1. The molecule has 132 valence electrons. The lowest BCUT2D eigenvalue weighted by atomic mass is 10.1. The quantitative estimate of drug-likeness (QED) is 0.785. The first kappa shape index (κ1) is 16.1. The second-order valence-electron chi connectivity index (χ2n) is 6.06. The molecule has 1 aliphatic heterocycles. The van der Waals surface area contributed by atoms with E-state index in [0.717, 1.165) is 11.1 Å². The lowest BCUT2D eigenvalue weighted by Crippen LogP contribution is -2.36. The Labute approximate surface area is 150 Å². The van der Waals surface area contributed by atoms with Crippen LogP contribution in [0.15, 0.2) is 54.7 Å². The maximum Gasteiger partial charge on any atom is 0.410 e. The van der Waals surface area contributed by atoms with Crippen molar-refractivity contribution in [1.29, 1.82) is 0 Å². The molecular formula is C19H18N4O3. The van der Waals surface area contributed by atoms with Gasteiger partial charge in [-0.2, -0.15) is 9.78 Å². The summed E-state index contributed by atoms with van der Waals surface area (Å²) in [5.41, 5.74) is 2.36. The zero-order chi connectivity index (χ0) is 17.9. The number of ether oxygens (including phenoxy) is 1. The molecule has 3 heterocycles. The van der Waals surface area contributed by atoms with Gasteiger partial charge in [-0.1, -0.05) is 36.4 Å². The van der Waals surface area contributed by atoms with Crippen LogP contribution in [-0.4, -0.2) is 37.4 Å². The average Bonchev–Trinajstić information content (AvgIpc) is 3.03. The number of carbonyl (C=O) groups excluding carboxylic acids is 1. The Morgan fingerprint density at radius 3 is 2.73 bits per heavy atom. The number of hydrogen-bond acceptors (Lipinski definition) is 5. The van der Waals surface area contributed by atoms with Crippen molar-refractivity contribution in [3.63, 3.8) is 0 Å². The molecule has 0 saturated carbocycles. The largest absolute Gasteiger partial charge is 0.493 e. The third-order valence-electron chi connectivity index (χ3n) is 4.34. The van der Waals surface area contributed by atoms with Crippen LogP contribution in [0.1, 0.15) is 16.8 Å². The predicted octanol–water partition coefficient (Wildman–Crippen LogP) is 2.67. The molecule has 1 amide bonds. The highest BCUT2D eigenvalue weighted by Gasteiger charge is 2.28. The summed E-state index contributed by atoms with van der Waals surface area (Å²) in [5.74, 6) is 0.619. The van der Waals surface area contributed by atoms with Crippen molar-refractivity contribution in [2.24, 2.45) is 0 Å². The Kier molecular flexibility index (Phi) is 4.27. The van der Waals surface area contributed by atoms with E-state index < -0.39 is 0 Å². The van der Waals surface area contributed by atoms with E-state index in [2.05, 4.69) is 10.1 Å². The molecule has 0 atom stereocenters. The molecule has 0 fully saturated rings. The van der Waals surface area contributed by atoms with E-state index in [1.54, 1.807) is 23.2 Å². The molecule has 1 aliphatic rings. The van der Waals surface area contributed by atoms with Gasteiger partial charge in [0.05, 0.1) is 12.2 Å². The van der Waals surface area contributed by atoms with Crippen molar-refractivity contribution in [3.05, 3.63) is 71.5 Å². The summed E-state index contributed by atoms with van der Waals surface area (Å²) in [7, 11) is 0. The van der Waals surface area contributed by atoms with Crippen LogP contribution >= 0.6 is 0 Å². The molecule has 0 saturated heterocycles. The van der Waals surface area contributed by atoms with Crippen molar-refractivity contribution < 1.29 is 14.6 Å².